The third-order valence-corrected chi connectivity index (χ3v) is 4.24. The highest BCUT2D eigenvalue weighted by molar-refractivity contribution is 6.01. The largest absolute Gasteiger partial charge is 0.323 e. The van der Waals surface area contributed by atoms with Crippen molar-refractivity contribution in [3.8, 4) is 0 Å². The number of carbonyl (C=O) groups excluding carboxylic acids is 1. The van der Waals surface area contributed by atoms with E-state index in [0.717, 1.165) is 28.1 Å². The molecule has 0 aromatic heterocycles. The van der Waals surface area contributed by atoms with Crippen LogP contribution in [0.3, 0.4) is 0 Å². The van der Waals surface area contributed by atoms with Gasteiger partial charge in [0.15, 0.2) is 0 Å². The summed E-state index contributed by atoms with van der Waals surface area (Å²) in [6.07, 6.45) is 0. The Hall–Kier alpha value is -2.29. The molecule has 0 spiro atoms. The minimum atomic E-state index is -0.197. The molecule has 0 heterocycles. The zero-order chi connectivity index (χ0) is 17.9. The van der Waals surface area contributed by atoms with E-state index in [-0.39, 0.29) is 6.03 Å². The highest BCUT2D eigenvalue weighted by atomic mass is 16.2. The second kappa shape index (κ2) is 7.52. The van der Waals surface area contributed by atoms with E-state index >= 15 is 0 Å². The van der Waals surface area contributed by atoms with E-state index in [2.05, 4.69) is 62.6 Å². The van der Waals surface area contributed by atoms with Crippen LogP contribution in [-0.2, 0) is 0 Å². The number of benzene rings is 2. The first-order chi connectivity index (χ1) is 11.3. The highest BCUT2D eigenvalue weighted by Crippen LogP contribution is 2.32. The van der Waals surface area contributed by atoms with Gasteiger partial charge in [-0.25, -0.2) is 4.79 Å². The second-order valence-electron chi connectivity index (χ2n) is 7.02. The summed E-state index contributed by atoms with van der Waals surface area (Å²) >= 11 is 0. The number of amides is 2. The van der Waals surface area contributed by atoms with Crippen LogP contribution in [0.2, 0.25) is 0 Å². The molecular formula is C21H28N2O. The van der Waals surface area contributed by atoms with Gasteiger partial charge in [0.1, 0.15) is 0 Å². The molecule has 0 aliphatic rings. The van der Waals surface area contributed by atoms with Crippen LogP contribution in [0.25, 0.3) is 0 Å². The Kier molecular flexibility index (Phi) is 5.66. The lowest BCUT2D eigenvalue weighted by Gasteiger charge is -2.20. The second-order valence-corrected chi connectivity index (χ2v) is 7.02. The summed E-state index contributed by atoms with van der Waals surface area (Å²) in [4.78, 5) is 12.5. The number of anilines is 2. The molecule has 0 aliphatic carbocycles. The molecule has 0 atom stereocenters. The predicted molar refractivity (Wildman–Crippen MR) is 103 cm³/mol. The summed E-state index contributed by atoms with van der Waals surface area (Å²) in [5, 5.41) is 6.05. The van der Waals surface area contributed by atoms with E-state index in [4.69, 9.17) is 0 Å². The van der Waals surface area contributed by atoms with Gasteiger partial charge in [-0.2, -0.15) is 0 Å². The van der Waals surface area contributed by atoms with Crippen LogP contribution in [0.15, 0.2) is 36.4 Å². The predicted octanol–water partition coefficient (Wildman–Crippen LogP) is 6.19. The molecule has 24 heavy (non-hydrogen) atoms. The van der Waals surface area contributed by atoms with Crippen molar-refractivity contribution in [2.45, 2.75) is 53.4 Å². The molecule has 0 fully saturated rings. The van der Waals surface area contributed by atoms with Gasteiger partial charge in [-0.3, -0.25) is 0 Å². The van der Waals surface area contributed by atoms with E-state index in [0.29, 0.717) is 11.8 Å². The van der Waals surface area contributed by atoms with Gasteiger partial charge in [0.2, 0.25) is 0 Å². The van der Waals surface area contributed by atoms with Crippen molar-refractivity contribution in [2.75, 3.05) is 10.6 Å². The summed E-state index contributed by atoms with van der Waals surface area (Å²) in [7, 11) is 0. The number of hydrogen-bond donors (Lipinski definition) is 2. The smallest absolute Gasteiger partial charge is 0.307 e. The molecule has 0 saturated heterocycles. The van der Waals surface area contributed by atoms with Gasteiger partial charge in [0, 0.05) is 11.4 Å². The maximum atomic E-state index is 12.5. The third-order valence-electron chi connectivity index (χ3n) is 4.24. The van der Waals surface area contributed by atoms with Crippen molar-refractivity contribution in [1.82, 2.24) is 0 Å². The monoisotopic (exact) mass is 324 g/mol. The van der Waals surface area contributed by atoms with Crippen LogP contribution in [0.1, 0.15) is 61.8 Å². The number of carbonyl (C=O) groups is 1. The third kappa shape index (κ3) is 4.16. The lowest BCUT2D eigenvalue weighted by molar-refractivity contribution is 0.262. The van der Waals surface area contributed by atoms with Gasteiger partial charge in [0.25, 0.3) is 0 Å². The first-order valence-electron chi connectivity index (χ1n) is 8.57. The fraction of sp³-hybridized carbons (Fsp3) is 0.381. The number of hydrogen-bond acceptors (Lipinski definition) is 1. The average Bonchev–Trinajstić information content (AvgIpc) is 2.49. The number of aryl methyl sites for hydroxylation is 2. The minimum absolute atomic E-state index is 0.197. The molecule has 0 radical (unpaired) electrons. The van der Waals surface area contributed by atoms with Gasteiger partial charge in [-0.05, 0) is 48.4 Å². The summed E-state index contributed by atoms with van der Waals surface area (Å²) < 4.78 is 0. The first kappa shape index (κ1) is 18.1. The van der Waals surface area contributed by atoms with Gasteiger partial charge < -0.3 is 10.6 Å². The van der Waals surface area contributed by atoms with Crippen molar-refractivity contribution < 1.29 is 4.79 Å². The standard InChI is InChI=1S/C21H28N2O/c1-13(2)17-8-7-9-18(14(3)4)20(17)23-21(24)22-19-11-10-15(5)12-16(19)6/h7-14H,1-6H3,(H2,22,23,24). The van der Waals surface area contributed by atoms with Crippen molar-refractivity contribution in [3.05, 3.63) is 58.7 Å². The van der Waals surface area contributed by atoms with E-state index < -0.39 is 0 Å². The molecular weight excluding hydrogens is 296 g/mol. The van der Waals surface area contributed by atoms with Crippen molar-refractivity contribution >= 4 is 17.4 Å². The Balaban J connectivity index is 2.28. The van der Waals surface area contributed by atoms with E-state index in [9.17, 15) is 4.79 Å². The number of rotatable bonds is 4. The van der Waals surface area contributed by atoms with Crippen molar-refractivity contribution in [3.63, 3.8) is 0 Å². The Bertz CT molecular complexity index is 706. The number of nitrogens with one attached hydrogen (secondary N) is 2. The molecule has 3 nitrogen and oxygen atoms in total. The molecule has 3 heteroatoms. The lowest BCUT2D eigenvalue weighted by Crippen LogP contribution is -2.22. The highest BCUT2D eigenvalue weighted by Gasteiger charge is 2.16. The number of urea groups is 1. The van der Waals surface area contributed by atoms with Crippen LogP contribution in [0.4, 0.5) is 16.2 Å². The van der Waals surface area contributed by atoms with Crippen LogP contribution in [0.5, 0.6) is 0 Å². The average molecular weight is 324 g/mol. The van der Waals surface area contributed by atoms with Gasteiger partial charge in [-0.15, -0.1) is 0 Å². The molecule has 2 rings (SSSR count). The summed E-state index contributed by atoms with van der Waals surface area (Å²) in [6, 6.07) is 12.1. The fourth-order valence-electron chi connectivity index (χ4n) is 2.92. The molecule has 128 valence electrons. The molecule has 0 unspecified atom stereocenters. The van der Waals surface area contributed by atoms with E-state index in [1.807, 2.05) is 26.0 Å². The molecule has 2 aromatic carbocycles. The zero-order valence-corrected chi connectivity index (χ0v) is 15.5. The molecule has 0 saturated carbocycles. The minimum Gasteiger partial charge on any atom is -0.307 e. The van der Waals surface area contributed by atoms with E-state index in [1.165, 1.54) is 5.56 Å². The molecule has 2 aromatic rings. The lowest BCUT2D eigenvalue weighted by atomic mass is 9.93. The fourth-order valence-corrected chi connectivity index (χ4v) is 2.92. The van der Waals surface area contributed by atoms with Gasteiger partial charge in [0.05, 0.1) is 0 Å². The topological polar surface area (TPSA) is 41.1 Å². The SMILES string of the molecule is Cc1ccc(NC(=O)Nc2c(C(C)C)cccc2C(C)C)c(C)c1. The molecule has 2 amide bonds. The zero-order valence-electron chi connectivity index (χ0n) is 15.5. The maximum Gasteiger partial charge on any atom is 0.323 e. The molecule has 0 aliphatic heterocycles. The van der Waals surface area contributed by atoms with Gasteiger partial charge in [-0.1, -0.05) is 63.6 Å². The molecule has 0 bridgehead atoms. The van der Waals surface area contributed by atoms with Crippen LogP contribution in [0, 0.1) is 13.8 Å². The molecule has 2 N–H and O–H groups in total. The summed E-state index contributed by atoms with van der Waals surface area (Å²) in [6.45, 7) is 12.6. The van der Waals surface area contributed by atoms with E-state index in [1.54, 1.807) is 0 Å². The normalized spacial score (nSPS) is 11.0. The quantitative estimate of drug-likeness (QED) is 0.691. The number of para-hydroxylation sites is 1. The van der Waals surface area contributed by atoms with Crippen LogP contribution >= 0.6 is 0 Å². The Labute approximate surface area is 145 Å². The summed E-state index contributed by atoms with van der Waals surface area (Å²) in [5.74, 6) is 0.695. The Morgan fingerprint density at radius 3 is 1.96 bits per heavy atom. The van der Waals surface area contributed by atoms with Crippen LogP contribution in [-0.4, -0.2) is 6.03 Å². The van der Waals surface area contributed by atoms with Crippen LogP contribution < -0.4 is 10.6 Å². The first-order valence-corrected chi connectivity index (χ1v) is 8.57. The van der Waals surface area contributed by atoms with Crippen molar-refractivity contribution in [1.29, 1.82) is 0 Å². The van der Waals surface area contributed by atoms with Crippen molar-refractivity contribution in [2.24, 2.45) is 0 Å². The Morgan fingerprint density at radius 2 is 1.46 bits per heavy atom. The summed E-state index contributed by atoms with van der Waals surface area (Å²) in [5.41, 5.74) is 6.35. The Morgan fingerprint density at radius 1 is 0.875 bits per heavy atom. The maximum absolute atomic E-state index is 12.5. The van der Waals surface area contributed by atoms with Gasteiger partial charge >= 0.3 is 6.03 Å².